The molecule has 5 nitrogen and oxygen atoms in total. The largest absolute Gasteiger partial charge is 0.476 e. The molecule has 0 atom stereocenters. The minimum atomic E-state index is -1.10. The molecule has 0 radical (unpaired) electrons. The summed E-state index contributed by atoms with van der Waals surface area (Å²) in [6, 6.07) is 2.59. The van der Waals surface area contributed by atoms with Gasteiger partial charge in [0.05, 0.1) is 6.04 Å². The van der Waals surface area contributed by atoms with Gasteiger partial charge in [0, 0.05) is 6.07 Å². The minimum absolute atomic E-state index is 0.0773. The highest BCUT2D eigenvalue weighted by atomic mass is 16.4. The molecule has 1 saturated carbocycles. The van der Waals surface area contributed by atoms with Gasteiger partial charge in [0.2, 0.25) is 0 Å². The van der Waals surface area contributed by atoms with E-state index in [0.717, 1.165) is 12.8 Å². The van der Waals surface area contributed by atoms with Crippen molar-refractivity contribution in [1.82, 2.24) is 9.78 Å². The fourth-order valence-electron chi connectivity index (χ4n) is 1.12. The average molecular weight is 180 g/mol. The van der Waals surface area contributed by atoms with E-state index in [2.05, 4.69) is 5.10 Å². The van der Waals surface area contributed by atoms with Crippen LogP contribution in [0.4, 0.5) is 0 Å². The second-order valence-corrected chi connectivity index (χ2v) is 3.04. The van der Waals surface area contributed by atoms with Gasteiger partial charge in [-0.15, -0.1) is 0 Å². The van der Waals surface area contributed by atoms with E-state index in [4.69, 9.17) is 5.11 Å². The standard InChI is InChI=1S/C8H8N2O3/c11-7-4-3-6(8(12)13)9-10(7)5-1-2-5/h3-5H,1-2H2,(H,12,13). The third-order valence-corrected chi connectivity index (χ3v) is 1.94. The average Bonchev–Trinajstić information content (AvgIpc) is 2.87. The van der Waals surface area contributed by atoms with Gasteiger partial charge in [-0.1, -0.05) is 0 Å². The Morgan fingerprint density at radius 1 is 1.54 bits per heavy atom. The fourth-order valence-corrected chi connectivity index (χ4v) is 1.12. The van der Waals surface area contributed by atoms with Crippen molar-refractivity contribution in [3.8, 4) is 0 Å². The zero-order chi connectivity index (χ0) is 9.42. The number of rotatable bonds is 2. The van der Waals surface area contributed by atoms with E-state index in [-0.39, 0.29) is 17.3 Å². The molecule has 2 rings (SSSR count). The molecule has 0 aliphatic heterocycles. The molecule has 1 fully saturated rings. The molecule has 68 valence electrons. The van der Waals surface area contributed by atoms with Crippen molar-refractivity contribution in [3.05, 3.63) is 28.2 Å². The van der Waals surface area contributed by atoms with E-state index >= 15 is 0 Å². The molecule has 1 aromatic rings. The number of aromatic carboxylic acids is 1. The number of hydrogen-bond acceptors (Lipinski definition) is 3. The highest BCUT2D eigenvalue weighted by Crippen LogP contribution is 2.32. The van der Waals surface area contributed by atoms with Crippen LogP contribution < -0.4 is 5.56 Å². The third kappa shape index (κ3) is 1.44. The van der Waals surface area contributed by atoms with Gasteiger partial charge >= 0.3 is 5.97 Å². The maximum Gasteiger partial charge on any atom is 0.356 e. The van der Waals surface area contributed by atoms with Gasteiger partial charge in [0.1, 0.15) is 0 Å². The second kappa shape index (κ2) is 2.69. The van der Waals surface area contributed by atoms with Gasteiger partial charge in [-0.25, -0.2) is 9.48 Å². The van der Waals surface area contributed by atoms with Crippen molar-refractivity contribution in [2.24, 2.45) is 0 Å². The lowest BCUT2D eigenvalue weighted by Crippen LogP contribution is -2.23. The maximum absolute atomic E-state index is 11.2. The van der Waals surface area contributed by atoms with Crippen LogP contribution in [-0.2, 0) is 0 Å². The first-order valence-electron chi connectivity index (χ1n) is 4.01. The zero-order valence-electron chi connectivity index (χ0n) is 6.80. The van der Waals surface area contributed by atoms with E-state index in [1.165, 1.54) is 16.8 Å². The van der Waals surface area contributed by atoms with Crippen LogP contribution in [0, 0.1) is 0 Å². The van der Waals surface area contributed by atoms with Crippen LogP contribution in [-0.4, -0.2) is 20.9 Å². The summed E-state index contributed by atoms with van der Waals surface area (Å²) in [7, 11) is 0. The molecule has 0 saturated heterocycles. The number of hydrogen-bond donors (Lipinski definition) is 1. The van der Waals surface area contributed by atoms with Crippen molar-refractivity contribution in [1.29, 1.82) is 0 Å². The molecule has 0 amide bonds. The molecule has 0 aromatic carbocycles. The Morgan fingerprint density at radius 3 is 2.77 bits per heavy atom. The zero-order valence-corrected chi connectivity index (χ0v) is 6.80. The molecule has 1 aliphatic rings. The van der Waals surface area contributed by atoms with E-state index < -0.39 is 5.97 Å². The lowest BCUT2D eigenvalue weighted by atomic mass is 10.4. The Kier molecular flexibility index (Phi) is 1.65. The Morgan fingerprint density at radius 2 is 2.23 bits per heavy atom. The summed E-state index contributed by atoms with van der Waals surface area (Å²) < 4.78 is 1.25. The molecule has 13 heavy (non-hydrogen) atoms. The molecule has 1 aromatic heterocycles. The smallest absolute Gasteiger partial charge is 0.356 e. The number of nitrogens with zero attached hydrogens (tertiary/aromatic N) is 2. The first kappa shape index (κ1) is 7.97. The summed E-state index contributed by atoms with van der Waals surface area (Å²) in [6.45, 7) is 0. The summed E-state index contributed by atoms with van der Waals surface area (Å²) >= 11 is 0. The van der Waals surface area contributed by atoms with Crippen LogP contribution in [0.3, 0.4) is 0 Å². The number of carbonyl (C=O) groups is 1. The van der Waals surface area contributed by atoms with Crippen molar-refractivity contribution >= 4 is 5.97 Å². The molecular formula is C8H8N2O3. The molecule has 5 heteroatoms. The van der Waals surface area contributed by atoms with Gasteiger partial charge < -0.3 is 5.11 Å². The van der Waals surface area contributed by atoms with E-state index in [0.29, 0.717) is 0 Å². The molecule has 0 unspecified atom stereocenters. The molecular weight excluding hydrogens is 172 g/mol. The van der Waals surface area contributed by atoms with E-state index in [1.807, 2.05) is 0 Å². The maximum atomic E-state index is 11.2. The van der Waals surface area contributed by atoms with Crippen LogP contribution >= 0.6 is 0 Å². The molecule has 0 bridgehead atoms. The Labute approximate surface area is 73.6 Å². The lowest BCUT2D eigenvalue weighted by molar-refractivity contribution is 0.0687. The number of aromatic nitrogens is 2. The topological polar surface area (TPSA) is 72.2 Å². The highest BCUT2D eigenvalue weighted by molar-refractivity contribution is 5.84. The van der Waals surface area contributed by atoms with E-state index in [1.54, 1.807) is 0 Å². The molecule has 0 spiro atoms. The minimum Gasteiger partial charge on any atom is -0.476 e. The fraction of sp³-hybridized carbons (Fsp3) is 0.375. The van der Waals surface area contributed by atoms with Crippen molar-refractivity contribution in [3.63, 3.8) is 0 Å². The van der Waals surface area contributed by atoms with Crippen molar-refractivity contribution < 1.29 is 9.90 Å². The Hall–Kier alpha value is -1.65. The Bertz CT molecular complexity index is 406. The van der Waals surface area contributed by atoms with Gasteiger partial charge in [-0.05, 0) is 18.9 Å². The predicted octanol–water partition coefficient (Wildman–Crippen LogP) is 0.276. The molecule has 1 aliphatic carbocycles. The number of carboxylic acid groups (broad SMARTS) is 1. The quantitative estimate of drug-likeness (QED) is 0.709. The highest BCUT2D eigenvalue weighted by Gasteiger charge is 2.26. The normalized spacial score (nSPS) is 15.7. The van der Waals surface area contributed by atoms with Gasteiger partial charge in [0.25, 0.3) is 5.56 Å². The monoisotopic (exact) mass is 180 g/mol. The van der Waals surface area contributed by atoms with E-state index in [9.17, 15) is 9.59 Å². The van der Waals surface area contributed by atoms with Crippen molar-refractivity contribution in [2.45, 2.75) is 18.9 Å². The van der Waals surface area contributed by atoms with Crippen LogP contribution in [0.15, 0.2) is 16.9 Å². The van der Waals surface area contributed by atoms with Gasteiger partial charge in [-0.3, -0.25) is 4.79 Å². The first-order valence-corrected chi connectivity index (χ1v) is 4.01. The van der Waals surface area contributed by atoms with Crippen LogP contribution in [0.25, 0.3) is 0 Å². The predicted molar refractivity (Wildman–Crippen MR) is 43.7 cm³/mol. The summed E-state index contributed by atoms with van der Waals surface area (Å²) in [5.74, 6) is -1.10. The summed E-state index contributed by atoms with van der Waals surface area (Å²) in [5.41, 5.74) is -0.306. The SMILES string of the molecule is O=C(O)c1ccc(=O)n(C2CC2)n1. The lowest BCUT2D eigenvalue weighted by Gasteiger charge is -2.01. The first-order chi connectivity index (χ1) is 6.18. The second-order valence-electron chi connectivity index (χ2n) is 3.04. The molecule has 1 N–H and O–H groups in total. The van der Waals surface area contributed by atoms with Crippen LogP contribution in [0.5, 0.6) is 0 Å². The summed E-state index contributed by atoms with van der Waals surface area (Å²) in [5, 5.41) is 12.4. The van der Waals surface area contributed by atoms with Crippen molar-refractivity contribution in [2.75, 3.05) is 0 Å². The summed E-state index contributed by atoms with van der Waals surface area (Å²) in [4.78, 5) is 21.7. The van der Waals surface area contributed by atoms with Gasteiger partial charge in [-0.2, -0.15) is 5.10 Å². The molecule has 1 heterocycles. The third-order valence-electron chi connectivity index (χ3n) is 1.94. The van der Waals surface area contributed by atoms with Crippen LogP contribution in [0.2, 0.25) is 0 Å². The summed E-state index contributed by atoms with van der Waals surface area (Å²) in [6.07, 6.45) is 1.83. The number of carboxylic acids is 1. The Balaban J connectivity index is 2.48. The van der Waals surface area contributed by atoms with Gasteiger partial charge in [0.15, 0.2) is 5.69 Å². The van der Waals surface area contributed by atoms with Crippen LogP contribution in [0.1, 0.15) is 29.4 Å².